The Morgan fingerprint density at radius 1 is 1.19 bits per heavy atom. The van der Waals surface area contributed by atoms with Crippen molar-refractivity contribution in [3.63, 3.8) is 0 Å². The van der Waals surface area contributed by atoms with Crippen molar-refractivity contribution in [2.45, 2.75) is 20.3 Å². The van der Waals surface area contributed by atoms with Crippen molar-refractivity contribution in [2.75, 3.05) is 19.5 Å². The molecule has 2 aromatic heterocycles. The Morgan fingerprint density at radius 3 is 2.62 bits per heavy atom. The van der Waals surface area contributed by atoms with Crippen molar-refractivity contribution in [3.8, 4) is 22.3 Å². The van der Waals surface area contributed by atoms with E-state index in [2.05, 4.69) is 20.5 Å². The van der Waals surface area contributed by atoms with Crippen molar-refractivity contribution in [1.29, 1.82) is 0 Å². The van der Waals surface area contributed by atoms with E-state index in [1.54, 1.807) is 32.4 Å². The monoisotopic (exact) mass is 374 g/mol. The molecule has 1 amide bonds. The van der Waals surface area contributed by atoms with Gasteiger partial charge >= 0.3 is 6.01 Å². The van der Waals surface area contributed by atoms with Crippen LogP contribution in [0.2, 0.25) is 0 Å². The number of hydrogen-bond acceptors (Lipinski definition) is 8. The van der Waals surface area contributed by atoms with Gasteiger partial charge in [-0.15, -0.1) is 16.4 Å². The lowest BCUT2D eigenvalue weighted by atomic mass is 10.1. The number of benzene rings is 1. The number of aromatic nitrogens is 3. The highest BCUT2D eigenvalue weighted by molar-refractivity contribution is 7.15. The number of anilines is 1. The molecule has 0 spiro atoms. The van der Waals surface area contributed by atoms with Crippen molar-refractivity contribution >= 4 is 23.3 Å². The number of amides is 1. The molecular formula is C17H18N4O4S. The summed E-state index contributed by atoms with van der Waals surface area (Å²) >= 11 is 1.46. The number of hydrogen-bond donors (Lipinski definition) is 1. The second-order valence-electron chi connectivity index (χ2n) is 5.47. The zero-order valence-electron chi connectivity index (χ0n) is 14.8. The van der Waals surface area contributed by atoms with Gasteiger partial charge in [0.1, 0.15) is 4.88 Å². The van der Waals surface area contributed by atoms with Crippen molar-refractivity contribution in [2.24, 2.45) is 0 Å². The van der Waals surface area contributed by atoms with Gasteiger partial charge in [0, 0.05) is 0 Å². The lowest BCUT2D eigenvalue weighted by molar-refractivity contribution is -0.115. The average molecular weight is 374 g/mol. The number of rotatable bonds is 6. The van der Waals surface area contributed by atoms with Gasteiger partial charge in [-0.3, -0.25) is 10.1 Å². The van der Waals surface area contributed by atoms with E-state index in [0.717, 1.165) is 21.1 Å². The smallest absolute Gasteiger partial charge is 0.322 e. The zero-order chi connectivity index (χ0) is 18.7. The molecule has 136 valence electrons. The molecule has 0 aliphatic carbocycles. The second-order valence-corrected chi connectivity index (χ2v) is 6.68. The lowest BCUT2D eigenvalue weighted by Gasteiger charge is -2.09. The number of carbonyl (C=O) groups is 1. The van der Waals surface area contributed by atoms with Crippen LogP contribution in [0.3, 0.4) is 0 Å². The molecule has 9 heteroatoms. The Bertz CT molecular complexity index is 935. The number of methoxy groups -OCH3 is 2. The van der Waals surface area contributed by atoms with E-state index in [1.807, 2.05) is 13.8 Å². The summed E-state index contributed by atoms with van der Waals surface area (Å²) in [6, 6.07) is 5.35. The van der Waals surface area contributed by atoms with Gasteiger partial charge in [0.05, 0.1) is 31.3 Å². The van der Waals surface area contributed by atoms with Crippen molar-refractivity contribution in [1.82, 2.24) is 15.2 Å². The Hall–Kier alpha value is -2.94. The average Bonchev–Trinajstić information content (AvgIpc) is 3.20. The van der Waals surface area contributed by atoms with Gasteiger partial charge in [-0.2, -0.15) is 0 Å². The van der Waals surface area contributed by atoms with Crippen LogP contribution in [0.1, 0.15) is 16.3 Å². The lowest BCUT2D eigenvalue weighted by Crippen LogP contribution is -2.14. The molecule has 1 N–H and O–H groups in total. The largest absolute Gasteiger partial charge is 0.493 e. The van der Waals surface area contributed by atoms with Gasteiger partial charge in [0.2, 0.25) is 5.91 Å². The fraction of sp³-hybridized carbons (Fsp3) is 0.294. The summed E-state index contributed by atoms with van der Waals surface area (Å²) in [4.78, 5) is 17.4. The van der Waals surface area contributed by atoms with Gasteiger partial charge in [-0.05, 0) is 31.5 Å². The number of carbonyl (C=O) groups excluding carboxylic acids is 1. The van der Waals surface area contributed by atoms with Crippen LogP contribution in [0.15, 0.2) is 22.6 Å². The van der Waals surface area contributed by atoms with Crippen LogP contribution in [-0.4, -0.2) is 35.3 Å². The Labute approximate surface area is 154 Å². The molecule has 8 nitrogen and oxygen atoms in total. The van der Waals surface area contributed by atoms with Crippen LogP contribution in [0.25, 0.3) is 10.8 Å². The van der Waals surface area contributed by atoms with Crippen LogP contribution < -0.4 is 14.8 Å². The molecule has 3 rings (SSSR count). The minimum absolute atomic E-state index is 0.0518. The van der Waals surface area contributed by atoms with Crippen LogP contribution in [0.5, 0.6) is 11.5 Å². The molecule has 0 fully saturated rings. The van der Waals surface area contributed by atoms with Crippen LogP contribution >= 0.6 is 11.3 Å². The quantitative estimate of drug-likeness (QED) is 0.708. The molecule has 0 unspecified atom stereocenters. The molecule has 0 aliphatic rings. The van der Waals surface area contributed by atoms with E-state index in [-0.39, 0.29) is 18.3 Å². The third-order valence-corrected chi connectivity index (χ3v) is 4.64. The van der Waals surface area contributed by atoms with Gasteiger partial charge in [-0.25, -0.2) is 4.98 Å². The normalized spacial score (nSPS) is 10.6. The topological polar surface area (TPSA) is 99.4 Å². The third kappa shape index (κ3) is 3.83. The van der Waals surface area contributed by atoms with Crippen LogP contribution in [0.4, 0.5) is 6.01 Å². The van der Waals surface area contributed by atoms with Gasteiger partial charge in [0.15, 0.2) is 11.5 Å². The number of nitrogens with one attached hydrogen (secondary N) is 1. The maximum absolute atomic E-state index is 12.2. The Kier molecular flexibility index (Phi) is 5.17. The summed E-state index contributed by atoms with van der Waals surface area (Å²) in [5, 5.41) is 11.4. The van der Waals surface area contributed by atoms with E-state index in [0.29, 0.717) is 17.4 Å². The predicted octanol–water partition coefficient (Wildman–Crippen LogP) is 3.01. The van der Waals surface area contributed by atoms with E-state index >= 15 is 0 Å². The maximum Gasteiger partial charge on any atom is 0.322 e. The summed E-state index contributed by atoms with van der Waals surface area (Å²) in [5.41, 5.74) is 1.59. The van der Waals surface area contributed by atoms with E-state index in [9.17, 15) is 4.79 Å². The predicted molar refractivity (Wildman–Crippen MR) is 96.8 cm³/mol. The highest BCUT2D eigenvalue weighted by Gasteiger charge is 2.16. The molecule has 0 aliphatic heterocycles. The number of nitrogens with zero attached hydrogens (tertiary/aromatic N) is 3. The number of thiazole rings is 1. The molecule has 2 heterocycles. The Balaban J connectivity index is 1.68. The van der Waals surface area contributed by atoms with E-state index in [1.165, 1.54) is 11.3 Å². The first-order valence-corrected chi connectivity index (χ1v) is 8.60. The Morgan fingerprint density at radius 2 is 1.96 bits per heavy atom. The molecule has 26 heavy (non-hydrogen) atoms. The molecule has 3 aromatic rings. The molecule has 0 radical (unpaired) electrons. The zero-order valence-corrected chi connectivity index (χ0v) is 15.6. The van der Waals surface area contributed by atoms with Gasteiger partial charge in [0.25, 0.3) is 5.89 Å². The minimum atomic E-state index is -0.273. The molecular weight excluding hydrogens is 356 g/mol. The highest BCUT2D eigenvalue weighted by Crippen LogP contribution is 2.30. The SMILES string of the molecule is COc1ccc(CC(=O)Nc2nnc(-c3sc(C)nc3C)o2)cc1OC. The number of ether oxygens (including phenoxy) is 2. The first-order chi connectivity index (χ1) is 12.5. The number of aryl methyl sites for hydroxylation is 2. The minimum Gasteiger partial charge on any atom is -0.493 e. The summed E-state index contributed by atoms with van der Waals surface area (Å²) < 4.78 is 16.0. The second kappa shape index (κ2) is 7.52. The third-order valence-electron chi connectivity index (χ3n) is 3.58. The first-order valence-electron chi connectivity index (χ1n) is 7.78. The van der Waals surface area contributed by atoms with E-state index < -0.39 is 0 Å². The fourth-order valence-corrected chi connectivity index (χ4v) is 3.28. The van der Waals surface area contributed by atoms with Crippen LogP contribution in [-0.2, 0) is 11.2 Å². The van der Waals surface area contributed by atoms with Gasteiger partial charge in [-0.1, -0.05) is 11.2 Å². The highest BCUT2D eigenvalue weighted by atomic mass is 32.1. The molecule has 1 aromatic carbocycles. The summed E-state index contributed by atoms with van der Waals surface area (Å²) in [5.74, 6) is 1.24. The van der Waals surface area contributed by atoms with Gasteiger partial charge < -0.3 is 13.9 Å². The summed E-state index contributed by atoms with van der Waals surface area (Å²) in [7, 11) is 3.11. The van der Waals surface area contributed by atoms with E-state index in [4.69, 9.17) is 13.9 Å². The maximum atomic E-state index is 12.2. The van der Waals surface area contributed by atoms with Crippen molar-refractivity contribution < 1.29 is 18.7 Å². The first kappa shape index (κ1) is 17.9. The summed E-state index contributed by atoms with van der Waals surface area (Å²) in [6.07, 6.45) is 0.136. The standard InChI is InChI=1S/C17H18N4O4S/c1-9-15(26-10(2)18-9)16-20-21-17(25-16)19-14(22)8-11-5-6-12(23-3)13(7-11)24-4/h5-7H,8H2,1-4H3,(H,19,21,22). The molecule has 0 atom stereocenters. The molecule has 0 saturated carbocycles. The van der Waals surface area contributed by atoms with Crippen LogP contribution in [0, 0.1) is 13.8 Å². The molecule has 0 saturated heterocycles. The molecule has 0 bridgehead atoms. The summed E-state index contributed by atoms with van der Waals surface area (Å²) in [6.45, 7) is 3.78. The van der Waals surface area contributed by atoms with Crippen molar-refractivity contribution in [3.05, 3.63) is 34.5 Å². The fourth-order valence-electron chi connectivity index (χ4n) is 2.43.